The van der Waals surface area contributed by atoms with Crippen LogP contribution < -0.4 is 5.32 Å². The zero-order valence-electron chi connectivity index (χ0n) is 15.4. The van der Waals surface area contributed by atoms with Crippen molar-refractivity contribution in [3.63, 3.8) is 0 Å². The molecule has 0 bridgehead atoms. The minimum Gasteiger partial charge on any atom is -0.338 e. The highest BCUT2D eigenvalue weighted by molar-refractivity contribution is 8.00. The number of nitrogens with one attached hydrogen (secondary N) is 1. The van der Waals surface area contributed by atoms with Gasteiger partial charge in [0.2, 0.25) is 11.8 Å². The normalized spacial score (nSPS) is 10.4. The van der Waals surface area contributed by atoms with Crippen LogP contribution in [0.1, 0.15) is 24.5 Å². The summed E-state index contributed by atoms with van der Waals surface area (Å²) in [5, 5.41) is 2.87. The lowest BCUT2D eigenvalue weighted by atomic mass is 10.2. The SMILES string of the molecule is CCCN(Cc1ccccc1)C(=O)CSCC(=O)Nc1cccc(C)c1. The minimum atomic E-state index is -0.0847. The molecular weight excluding hydrogens is 344 g/mol. The Labute approximate surface area is 160 Å². The first-order valence-electron chi connectivity index (χ1n) is 8.84. The molecule has 0 radical (unpaired) electrons. The fourth-order valence-electron chi connectivity index (χ4n) is 2.61. The van der Waals surface area contributed by atoms with E-state index >= 15 is 0 Å². The van der Waals surface area contributed by atoms with Crippen molar-refractivity contribution >= 4 is 29.3 Å². The summed E-state index contributed by atoms with van der Waals surface area (Å²) in [5.41, 5.74) is 3.01. The first kappa shape index (κ1) is 20.0. The van der Waals surface area contributed by atoms with Gasteiger partial charge in [-0.2, -0.15) is 0 Å². The van der Waals surface area contributed by atoms with Crippen LogP contribution in [0.25, 0.3) is 0 Å². The van der Waals surface area contributed by atoms with Crippen LogP contribution in [0.2, 0.25) is 0 Å². The number of aryl methyl sites for hydroxylation is 1. The second-order valence-corrected chi connectivity index (χ2v) is 7.20. The molecular formula is C21H26N2O2S. The summed E-state index contributed by atoms with van der Waals surface area (Å²) in [5.74, 6) is 0.571. The Hall–Kier alpha value is -2.27. The molecule has 0 saturated carbocycles. The molecule has 0 aliphatic carbocycles. The Morgan fingerprint density at radius 1 is 1.04 bits per heavy atom. The molecule has 0 spiro atoms. The number of carbonyl (C=O) groups is 2. The van der Waals surface area contributed by atoms with Crippen LogP contribution in [0.4, 0.5) is 5.69 Å². The number of thioether (sulfide) groups is 1. The molecule has 1 N–H and O–H groups in total. The maximum atomic E-state index is 12.5. The van der Waals surface area contributed by atoms with Crippen molar-refractivity contribution in [2.45, 2.75) is 26.8 Å². The van der Waals surface area contributed by atoms with Gasteiger partial charge in [-0.15, -0.1) is 11.8 Å². The molecule has 2 aromatic carbocycles. The van der Waals surface area contributed by atoms with E-state index in [0.29, 0.717) is 12.3 Å². The van der Waals surface area contributed by atoms with Gasteiger partial charge in [0, 0.05) is 18.8 Å². The number of anilines is 1. The second kappa shape index (κ2) is 10.7. The zero-order chi connectivity index (χ0) is 18.8. The van der Waals surface area contributed by atoms with E-state index in [1.807, 2.05) is 66.4 Å². The monoisotopic (exact) mass is 370 g/mol. The van der Waals surface area contributed by atoms with Gasteiger partial charge >= 0.3 is 0 Å². The van der Waals surface area contributed by atoms with Gasteiger partial charge < -0.3 is 10.2 Å². The average Bonchev–Trinajstić information content (AvgIpc) is 2.62. The van der Waals surface area contributed by atoms with Crippen molar-refractivity contribution < 1.29 is 9.59 Å². The number of hydrogen-bond acceptors (Lipinski definition) is 3. The van der Waals surface area contributed by atoms with Gasteiger partial charge in [0.15, 0.2) is 0 Å². The number of benzene rings is 2. The molecule has 0 fully saturated rings. The predicted octanol–water partition coefficient (Wildman–Crippen LogP) is 4.11. The van der Waals surface area contributed by atoms with E-state index in [1.54, 1.807) is 0 Å². The quantitative estimate of drug-likeness (QED) is 0.723. The summed E-state index contributed by atoms with van der Waals surface area (Å²) < 4.78 is 0. The molecule has 2 amide bonds. The number of nitrogens with zero attached hydrogens (tertiary/aromatic N) is 1. The Balaban J connectivity index is 1.78. The van der Waals surface area contributed by atoms with Crippen molar-refractivity contribution in [3.05, 3.63) is 65.7 Å². The van der Waals surface area contributed by atoms with Crippen LogP contribution >= 0.6 is 11.8 Å². The maximum Gasteiger partial charge on any atom is 0.234 e. The molecule has 0 unspecified atom stereocenters. The van der Waals surface area contributed by atoms with Crippen molar-refractivity contribution in [3.8, 4) is 0 Å². The van der Waals surface area contributed by atoms with E-state index in [1.165, 1.54) is 11.8 Å². The standard InChI is InChI=1S/C21H26N2O2S/c1-3-12-23(14-18-9-5-4-6-10-18)21(25)16-26-15-20(24)22-19-11-7-8-17(2)13-19/h4-11,13H,3,12,14-16H2,1-2H3,(H,22,24). The molecule has 0 heterocycles. The van der Waals surface area contributed by atoms with E-state index in [2.05, 4.69) is 12.2 Å². The first-order chi connectivity index (χ1) is 12.6. The zero-order valence-corrected chi connectivity index (χ0v) is 16.2. The Kier molecular flexibility index (Phi) is 8.22. The van der Waals surface area contributed by atoms with Gasteiger partial charge in [0.25, 0.3) is 0 Å². The van der Waals surface area contributed by atoms with Crippen LogP contribution in [0.5, 0.6) is 0 Å². The highest BCUT2D eigenvalue weighted by Crippen LogP contribution is 2.12. The van der Waals surface area contributed by atoms with Gasteiger partial charge in [0.1, 0.15) is 0 Å². The molecule has 0 saturated heterocycles. The predicted molar refractivity (Wildman–Crippen MR) is 109 cm³/mol. The highest BCUT2D eigenvalue weighted by atomic mass is 32.2. The molecule has 0 atom stereocenters. The summed E-state index contributed by atoms with van der Waals surface area (Å²) in [6.07, 6.45) is 0.914. The van der Waals surface area contributed by atoms with Gasteiger partial charge in [-0.25, -0.2) is 0 Å². The molecule has 0 aliphatic heterocycles. The van der Waals surface area contributed by atoms with Gasteiger partial charge in [0.05, 0.1) is 11.5 Å². The van der Waals surface area contributed by atoms with Crippen molar-refractivity contribution in [1.29, 1.82) is 0 Å². The third-order valence-electron chi connectivity index (χ3n) is 3.82. The van der Waals surface area contributed by atoms with Crippen LogP contribution in [0.15, 0.2) is 54.6 Å². The number of amides is 2. The second-order valence-electron chi connectivity index (χ2n) is 6.21. The van der Waals surface area contributed by atoms with Crippen LogP contribution in [-0.4, -0.2) is 34.8 Å². The lowest BCUT2D eigenvalue weighted by Crippen LogP contribution is -2.33. The van der Waals surface area contributed by atoms with Gasteiger partial charge in [-0.1, -0.05) is 49.4 Å². The molecule has 138 valence electrons. The Bertz CT molecular complexity index is 719. The van der Waals surface area contributed by atoms with Crippen LogP contribution in [-0.2, 0) is 16.1 Å². The number of carbonyl (C=O) groups excluding carboxylic acids is 2. The summed E-state index contributed by atoms with van der Waals surface area (Å²) in [4.78, 5) is 26.4. The molecule has 2 rings (SSSR count). The van der Waals surface area contributed by atoms with E-state index in [9.17, 15) is 9.59 Å². The fraction of sp³-hybridized carbons (Fsp3) is 0.333. The largest absolute Gasteiger partial charge is 0.338 e. The van der Waals surface area contributed by atoms with Crippen molar-refractivity contribution in [2.75, 3.05) is 23.4 Å². The molecule has 0 aromatic heterocycles. The fourth-order valence-corrected chi connectivity index (χ4v) is 3.32. The summed E-state index contributed by atoms with van der Waals surface area (Å²) in [6.45, 7) is 5.39. The van der Waals surface area contributed by atoms with E-state index in [-0.39, 0.29) is 17.6 Å². The smallest absolute Gasteiger partial charge is 0.234 e. The molecule has 4 nitrogen and oxygen atoms in total. The summed E-state index contributed by atoms with van der Waals surface area (Å²) >= 11 is 1.35. The van der Waals surface area contributed by atoms with Crippen molar-refractivity contribution in [2.24, 2.45) is 0 Å². The number of hydrogen-bond donors (Lipinski definition) is 1. The molecule has 5 heteroatoms. The first-order valence-corrected chi connectivity index (χ1v) is 10.00. The highest BCUT2D eigenvalue weighted by Gasteiger charge is 2.14. The Morgan fingerprint density at radius 3 is 2.50 bits per heavy atom. The minimum absolute atomic E-state index is 0.0732. The molecule has 26 heavy (non-hydrogen) atoms. The van der Waals surface area contributed by atoms with E-state index in [0.717, 1.165) is 29.8 Å². The maximum absolute atomic E-state index is 12.5. The van der Waals surface area contributed by atoms with Gasteiger partial charge in [-0.05, 0) is 36.6 Å². The number of rotatable bonds is 9. The molecule has 0 aliphatic rings. The van der Waals surface area contributed by atoms with Crippen LogP contribution in [0, 0.1) is 6.92 Å². The average molecular weight is 371 g/mol. The lowest BCUT2D eigenvalue weighted by Gasteiger charge is -2.22. The summed E-state index contributed by atoms with van der Waals surface area (Å²) in [6, 6.07) is 17.7. The van der Waals surface area contributed by atoms with Gasteiger partial charge in [-0.3, -0.25) is 9.59 Å². The van der Waals surface area contributed by atoms with E-state index in [4.69, 9.17) is 0 Å². The van der Waals surface area contributed by atoms with E-state index < -0.39 is 0 Å². The third-order valence-corrected chi connectivity index (χ3v) is 4.74. The van der Waals surface area contributed by atoms with Crippen molar-refractivity contribution in [1.82, 2.24) is 4.90 Å². The van der Waals surface area contributed by atoms with Crippen LogP contribution in [0.3, 0.4) is 0 Å². The lowest BCUT2D eigenvalue weighted by molar-refractivity contribution is -0.129. The summed E-state index contributed by atoms with van der Waals surface area (Å²) in [7, 11) is 0. The molecule has 2 aromatic rings. The Morgan fingerprint density at radius 2 is 1.81 bits per heavy atom. The topological polar surface area (TPSA) is 49.4 Å². The third kappa shape index (κ3) is 6.92.